The fourth-order valence-electron chi connectivity index (χ4n) is 1.96. The Morgan fingerprint density at radius 3 is 2.88 bits per heavy atom. The van der Waals surface area contributed by atoms with Gasteiger partial charge in [0.05, 0.1) is 0 Å². The smallest absolute Gasteiger partial charge is 0.124 e. The average Bonchev–Trinajstić information content (AvgIpc) is 2.72. The maximum Gasteiger partial charge on any atom is 0.124 e. The van der Waals surface area contributed by atoms with Crippen molar-refractivity contribution in [2.45, 2.75) is 38.6 Å². The molecule has 0 saturated carbocycles. The molecule has 2 aromatic rings. The second kappa shape index (κ2) is 5.61. The molecular weight excluding hydrogens is 233 g/mol. The van der Waals surface area contributed by atoms with Crippen LogP contribution < -0.4 is 5.73 Å². The number of fused-ring (bicyclic) bond motifs is 1. The highest BCUT2D eigenvalue weighted by molar-refractivity contribution is 7.19. The molecule has 0 spiro atoms. The minimum atomic E-state index is -0.176. The minimum absolute atomic E-state index is 0.0991. The van der Waals surface area contributed by atoms with Crippen molar-refractivity contribution < 1.29 is 4.39 Å². The van der Waals surface area contributed by atoms with Crippen molar-refractivity contribution in [1.82, 2.24) is 0 Å². The zero-order valence-corrected chi connectivity index (χ0v) is 10.9. The van der Waals surface area contributed by atoms with Crippen LogP contribution in [0.2, 0.25) is 0 Å². The van der Waals surface area contributed by atoms with Gasteiger partial charge < -0.3 is 5.73 Å². The van der Waals surface area contributed by atoms with Crippen LogP contribution in [0.4, 0.5) is 4.39 Å². The summed E-state index contributed by atoms with van der Waals surface area (Å²) in [5, 5.41) is 1.09. The Morgan fingerprint density at radius 1 is 1.29 bits per heavy atom. The molecule has 2 rings (SSSR count). The molecular formula is C14H18FNS. The molecule has 1 unspecified atom stereocenters. The van der Waals surface area contributed by atoms with Crippen molar-refractivity contribution in [2.75, 3.05) is 0 Å². The van der Waals surface area contributed by atoms with Crippen LogP contribution in [0.3, 0.4) is 0 Å². The van der Waals surface area contributed by atoms with Gasteiger partial charge in [-0.25, -0.2) is 4.39 Å². The van der Waals surface area contributed by atoms with Crippen molar-refractivity contribution in [3.63, 3.8) is 0 Å². The van der Waals surface area contributed by atoms with Gasteiger partial charge in [0.2, 0.25) is 0 Å². The number of nitrogens with two attached hydrogens (primary N) is 1. The normalized spacial score (nSPS) is 13.1. The molecule has 0 amide bonds. The third-order valence-electron chi connectivity index (χ3n) is 2.99. The molecule has 0 aliphatic heterocycles. The summed E-state index contributed by atoms with van der Waals surface area (Å²) in [6, 6.07) is 7.10. The van der Waals surface area contributed by atoms with Crippen LogP contribution >= 0.6 is 11.3 Å². The van der Waals surface area contributed by atoms with E-state index in [-0.39, 0.29) is 11.9 Å². The predicted molar refractivity (Wildman–Crippen MR) is 72.9 cm³/mol. The quantitative estimate of drug-likeness (QED) is 0.771. The lowest BCUT2D eigenvalue weighted by Gasteiger charge is -2.07. The number of benzene rings is 1. The van der Waals surface area contributed by atoms with E-state index in [1.165, 1.54) is 30.2 Å². The highest BCUT2D eigenvalue weighted by atomic mass is 32.1. The summed E-state index contributed by atoms with van der Waals surface area (Å²) in [5.41, 5.74) is 6.15. The molecule has 1 heterocycles. The monoisotopic (exact) mass is 251 g/mol. The molecule has 1 atom stereocenters. The summed E-state index contributed by atoms with van der Waals surface area (Å²) in [6.07, 6.45) is 4.63. The zero-order valence-electron chi connectivity index (χ0n) is 10.1. The van der Waals surface area contributed by atoms with E-state index in [9.17, 15) is 4.39 Å². The van der Waals surface area contributed by atoms with E-state index in [4.69, 9.17) is 5.73 Å². The Kier molecular flexibility index (Phi) is 4.13. The summed E-state index contributed by atoms with van der Waals surface area (Å²) in [6.45, 7) is 2.19. The summed E-state index contributed by atoms with van der Waals surface area (Å²) in [5.74, 6) is -0.176. The summed E-state index contributed by atoms with van der Waals surface area (Å²) in [4.78, 5) is 1.17. The van der Waals surface area contributed by atoms with Crippen LogP contribution in [0.5, 0.6) is 0 Å². The largest absolute Gasteiger partial charge is 0.323 e. The van der Waals surface area contributed by atoms with Gasteiger partial charge in [-0.05, 0) is 30.0 Å². The maximum absolute atomic E-state index is 13.1. The van der Waals surface area contributed by atoms with Crippen LogP contribution in [0.1, 0.15) is 43.5 Å². The topological polar surface area (TPSA) is 26.0 Å². The molecule has 0 saturated heterocycles. The van der Waals surface area contributed by atoms with E-state index < -0.39 is 0 Å². The van der Waals surface area contributed by atoms with Crippen molar-refractivity contribution in [3.8, 4) is 0 Å². The number of halogens is 1. The Balaban J connectivity index is 2.12. The Labute approximate surface area is 105 Å². The van der Waals surface area contributed by atoms with E-state index in [1.807, 2.05) is 6.07 Å². The van der Waals surface area contributed by atoms with E-state index in [2.05, 4.69) is 13.0 Å². The van der Waals surface area contributed by atoms with Gasteiger partial charge in [0.15, 0.2) is 0 Å². The number of unbranched alkanes of at least 4 members (excludes halogenated alkanes) is 2. The van der Waals surface area contributed by atoms with E-state index in [0.717, 1.165) is 16.5 Å². The Morgan fingerprint density at radius 2 is 2.12 bits per heavy atom. The SMILES string of the molecule is CCCCCC(N)c1cc2ccc(F)cc2s1. The Bertz CT molecular complexity index is 492. The second-order valence-electron chi connectivity index (χ2n) is 4.43. The van der Waals surface area contributed by atoms with Crippen molar-refractivity contribution in [3.05, 3.63) is 35.0 Å². The second-order valence-corrected chi connectivity index (χ2v) is 5.55. The number of thiophene rings is 1. The van der Waals surface area contributed by atoms with Gasteiger partial charge in [-0.1, -0.05) is 32.3 Å². The van der Waals surface area contributed by atoms with Crippen molar-refractivity contribution in [2.24, 2.45) is 5.73 Å². The van der Waals surface area contributed by atoms with Gasteiger partial charge in [0.25, 0.3) is 0 Å². The van der Waals surface area contributed by atoms with Gasteiger partial charge in [-0.15, -0.1) is 11.3 Å². The predicted octanol–water partition coefficient (Wildman–Crippen LogP) is 4.62. The van der Waals surface area contributed by atoms with Gasteiger partial charge in [-0.3, -0.25) is 0 Å². The van der Waals surface area contributed by atoms with Crippen LogP contribution in [0.25, 0.3) is 10.1 Å². The Hall–Kier alpha value is -0.930. The van der Waals surface area contributed by atoms with Crippen LogP contribution in [-0.4, -0.2) is 0 Å². The van der Waals surface area contributed by atoms with E-state index in [1.54, 1.807) is 17.4 Å². The van der Waals surface area contributed by atoms with Crippen molar-refractivity contribution >= 4 is 21.4 Å². The molecule has 17 heavy (non-hydrogen) atoms. The number of rotatable bonds is 5. The highest BCUT2D eigenvalue weighted by Gasteiger charge is 2.10. The lowest BCUT2D eigenvalue weighted by molar-refractivity contribution is 0.587. The molecule has 0 bridgehead atoms. The first-order valence-corrected chi connectivity index (χ1v) is 6.97. The molecule has 1 nitrogen and oxygen atoms in total. The standard InChI is InChI=1S/C14H18FNS/c1-2-3-4-5-12(16)14-8-10-6-7-11(15)9-13(10)17-14/h6-9,12H,2-5,16H2,1H3. The summed E-state index contributed by atoms with van der Waals surface area (Å²) in [7, 11) is 0. The fourth-order valence-corrected chi connectivity index (χ4v) is 3.09. The first kappa shape index (κ1) is 12.5. The maximum atomic E-state index is 13.1. The molecule has 2 N–H and O–H groups in total. The molecule has 0 radical (unpaired) electrons. The summed E-state index contributed by atoms with van der Waals surface area (Å²) < 4.78 is 14.1. The lowest BCUT2D eigenvalue weighted by Crippen LogP contribution is -2.07. The van der Waals surface area contributed by atoms with Crippen LogP contribution in [-0.2, 0) is 0 Å². The third kappa shape index (κ3) is 3.05. The molecule has 0 aliphatic rings. The van der Waals surface area contributed by atoms with Crippen LogP contribution in [0, 0.1) is 5.82 Å². The average molecular weight is 251 g/mol. The van der Waals surface area contributed by atoms with Gasteiger partial charge in [0, 0.05) is 15.6 Å². The molecule has 92 valence electrons. The van der Waals surface area contributed by atoms with Crippen LogP contribution in [0.15, 0.2) is 24.3 Å². The van der Waals surface area contributed by atoms with Gasteiger partial charge >= 0.3 is 0 Å². The van der Waals surface area contributed by atoms with E-state index >= 15 is 0 Å². The molecule has 1 aromatic heterocycles. The highest BCUT2D eigenvalue weighted by Crippen LogP contribution is 2.31. The number of hydrogen-bond donors (Lipinski definition) is 1. The first-order chi connectivity index (χ1) is 8.20. The van der Waals surface area contributed by atoms with Crippen molar-refractivity contribution in [1.29, 1.82) is 0 Å². The number of hydrogen-bond acceptors (Lipinski definition) is 2. The minimum Gasteiger partial charge on any atom is -0.323 e. The molecule has 3 heteroatoms. The van der Waals surface area contributed by atoms with E-state index in [0.29, 0.717) is 0 Å². The molecule has 1 aromatic carbocycles. The fraction of sp³-hybridized carbons (Fsp3) is 0.429. The molecule has 0 aliphatic carbocycles. The van der Waals surface area contributed by atoms with Gasteiger partial charge in [-0.2, -0.15) is 0 Å². The third-order valence-corrected chi connectivity index (χ3v) is 4.22. The van der Waals surface area contributed by atoms with Gasteiger partial charge in [0.1, 0.15) is 5.82 Å². The first-order valence-electron chi connectivity index (χ1n) is 6.15. The summed E-state index contributed by atoms with van der Waals surface area (Å²) >= 11 is 1.61. The lowest BCUT2D eigenvalue weighted by atomic mass is 10.1. The molecule has 0 fully saturated rings. The zero-order chi connectivity index (χ0) is 12.3.